The van der Waals surface area contributed by atoms with Crippen molar-refractivity contribution < 1.29 is 18.9 Å². The molecule has 7 nitrogen and oxygen atoms in total. The highest BCUT2D eigenvalue weighted by Crippen LogP contribution is 2.28. The van der Waals surface area contributed by atoms with E-state index in [9.17, 15) is 0 Å². The van der Waals surface area contributed by atoms with Gasteiger partial charge in [0.05, 0.1) is 46.3 Å². The van der Waals surface area contributed by atoms with E-state index in [4.69, 9.17) is 23.9 Å². The van der Waals surface area contributed by atoms with Gasteiger partial charge in [-0.15, -0.1) is 11.3 Å². The summed E-state index contributed by atoms with van der Waals surface area (Å²) < 4.78 is 22.7. The summed E-state index contributed by atoms with van der Waals surface area (Å²) in [7, 11) is 3.39. The average molecular weight is 574 g/mol. The molecule has 0 fully saturated rings. The van der Waals surface area contributed by atoms with Gasteiger partial charge < -0.3 is 28.7 Å². The van der Waals surface area contributed by atoms with Crippen LogP contribution in [0.3, 0.4) is 0 Å². The van der Waals surface area contributed by atoms with Gasteiger partial charge in [0.25, 0.3) is 0 Å². The van der Waals surface area contributed by atoms with E-state index in [-0.39, 0.29) is 0 Å². The van der Waals surface area contributed by atoms with Crippen molar-refractivity contribution in [3.8, 4) is 11.5 Å². The number of methoxy groups -OCH3 is 2. The van der Waals surface area contributed by atoms with E-state index >= 15 is 0 Å². The fourth-order valence-electron chi connectivity index (χ4n) is 5.10. The maximum atomic E-state index is 5.91. The molecule has 4 aromatic rings. The molecule has 0 bridgehead atoms. The first-order valence-corrected chi connectivity index (χ1v) is 15.0. The monoisotopic (exact) mass is 573 g/mol. The van der Waals surface area contributed by atoms with E-state index in [0.29, 0.717) is 39.5 Å². The lowest BCUT2D eigenvalue weighted by molar-refractivity contribution is 0.0419. The molecule has 0 saturated carbocycles. The predicted octanol–water partition coefficient (Wildman–Crippen LogP) is 6.35. The fourth-order valence-corrected chi connectivity index (χ4v) is 5.91. The predicted molar refractivity (Wildman–Crippen MR) is 165 cm³/mol. The standard InChI is InChI=1S/C33H39N3O4S/c1-37-30-12-5-8-26(20-30)22-36(23-27-9-6-13-31(21-27)38-2)33-34-29(25-41-33)24-40-19-18-39-17-16-35-15-7-11-28-10-3-4-14-32(28)35/h3-6,8-10,12-14,20-21,25H,7,11,15-19,22-24H2,1-2H3. The molecule has 1 aromatic heterocycles. The molecule has 2 heterocycles. The Bertz CT molecular complexity index is 1330. The molecular formula is C33H39N3O4S. The molecule has 0 saturated heterocycles. The first-order chi connectivity index (χ1) is 20.2. The number of hydrogen-bond acceptors (Lipinski definition) is 8. The van der Waals surface area contributed by atoms with Gasteiger partial charge in [-0.3, -0.25) is 0 Å². The largest absolute Gasteiger partial charge is 0.497 e. The van der Waals surface area contributed by atoms with Gasteiger partial charge in [-0.05, 0) is 59.9 Å². The Morgan fingerprint density at radius 3 is 2.27 bits per heavy atom. The van der Waals surface area contributed by atoms with Crippen LogP contribution < -0.4 is 19.3 Å². The topological polar surface area (TPSA) is 56.3 Å². The quantitative estimate of drug-likeness (QED) is 0.154. The average Bonchev–Trinajstić information content (AvgIpc) is 3.49. The maximum Gasteiger partial charge on any atom is 0.186 e. The first-order valence-electron chi connectivity index (χ1n) is 14.2. The van der Waals surface area contributed by atoms with Crippen molar-refractivity contribution in [2.45, 2.75) is 32.5 Å². The molecule has 0 radical (unpaired) electrons. The van der Waals surface area contributed by atoms with Crippen LogP contribution in [0.4, 0.5) is 10.8 Å². The summed E-state index contributed by atoms with van der Waals surface area (Å²) in [4.78, 5) is 9.62. The maximum absolute atomic E-state index is 5.91. The molecule has 0 unspecified atom stereocenters. The highest BCUT2D eigenvalue weighted by Gasteiger charge is 2.16. The zero-order valence-electron chi connectivity index (χ0n) is 24.0. The zero-order chi connectivity index (χ0) is 28.3. The third-order valence-electron chi connectivity index (χ3n) is 7.16. The van der Waals surface area contributed by atoms with Crippen molar-refractivity contribution >= 4 is 22.2 Å². The van der Waals surface area contributed by atoms with E-state index in [1.165, 1.54) is 24.1 Å². The zero-order valence-corrected chi connectivity index (χ0v) is 24.8. The Kier molecular flexibility index (Phi) is 10.5. The van der Waals surface area contributed by atoms with Crippen molar-refractivity contribution in [1.29, 1.82) is 0 Å². The fraction of sp³-hybridized carbons (Fsp3) is 0.364. The molecule has 1 aliphatic rings. The lowest BCUT2D eigenvalue weighted by Gasteiger charge is -2.31. The number of aryl methyl sites for hydroxylation is 1. The Morgan fingerprint density at radius 1 is 0.829 bits per heavy atom. The Morgan fingerprint density at radius 2 is 1.54 bits per heavy atom. The highest BCUT2D eigenvalue weighted by molar-refractivity contribution is 7.13. The van der Waals surface area contributed by atoms with Gasteiger partial charge in [-0.1, -0.05) is 42.5 Å². The number of nitrogens with zero attached hydrogens (tertiary/aromatic N) is 3. The van der Waals surface area contributed by atoms with Crippen LogP contribution in [0.25, 0.3) is 0 Å². The summed E-state index contributed by atoms with van der Waals surface area (Å²) in [6, 6.07) is 25.0. The minimum atomic E-state index is 0.464. The molecule has 0 amide bonds. The lowest BCUT2D eigenvalue weighted by atomic mass is 10.0. The van der Waals surface area contributed by atoms with Gasteiger partial charge in [0.2, 0.25) is 0 Å². The number of para-hydroxylation sites is 1. The highest BCUT2D eigenvalue weighted by atomic mass is 32.1. The molecule has 3 aromatic carbocycles. The van der Waals surface area contributed by atoms with Gasteiger partial charge in [0.15, 0.2) is 5.13 Å². The van der Waals surface area contributed by atoms with Gasteiger partial charge >= 0.3 is 0 Å². The van der Waals surface area contributed by atoms with Gasteiger partial charge in [0.1, 0.15) is 11.5 Å². The smallest absolute Gasteiger partial charge is 0.186 e. The van der Waals surface area contributed by atoms with Crippen LogP contribution in [-0.4, -0.2) is 52.1 Å². The van der Waals surface area contributed by atoms with Crippen molar-refractivity contribution in [3.63, 3.8) is 0 Å². The number of benzene rings is 3. The van der Waals surface area contributed by atoms with Crippen molar-refractivity contribution in [3.05, 3.63) is 101 Å². The Hall–Kier alpha value is -3.59. The Balaban J connectivity index is 1.11. The number of ether oxygens (including phenoxy) is 4. The molecule has 8 heteroatoms. The number of anilines is 2. The van der Waals surface area contributed by atoms with Crippen LogP contribution in [0.2, 0.25) is 0 Å². The number of hydrogen-bond donors (Lipinski definition) is 0. The minimum Gasteiger partial charge on any atom is -0.497 e. The third kappa shape index (κ3) is 8.22. The second-order valence-electron chi connectivity index (χ2n) is 10.1. The van der Waals surface area contributed by atoms with Crippen LogP contribution in [0.5, 0.6) is 11.5 Å². The summed E-state index contributed by atoms with van der Waals surface area (Å²) in [6.45, 7) is 5.69. The molecule has 0 N–H and O–H groups in total. The summed E-state index contributed by atoms with van der Waals surface area (Å²) in [5, 5.41) is 3.03. The minimum absolute atomic E-state index is 0.464. The van der Waals surface area contributed by atoms with Crippen LogP contribution in [0.1, 0.15) is 28.8 Å². The Labute approximate surface area is 247 Å². The number of rotatable bonds is 15. The molecule has 0 atom stereocenters. The van der Waals surface area contributed by atoms with E-state index in [1.54, 1.807) is 25.6 Å². The van der Waals surface area contributed by atoms with Gasteiger partial charge in [-0.2, -0.15) is 0 Å². The molecule has 41 heavy (non-hydrogen) atoms. The number of aromatic nitrogens is 1. The summed E-state index contributed by atoms with van der Waals surface area (Å²) in [6.07, 6.45) is 2.37. The van der Waals surface area contributed by atoms with Crippen molar-refractivity contribution in [2.75, 3.05) is 56.9 Å². The van der Waals surface area contributed by atoms with E-state index in [1.807, 2.05) is 24.3 Å². The SMILES string of the molecule is COc1cccc(CN(Cc2cccc(OC)c2)c2nc(COCCOCCN3CCCc4ccccc43)cs2)c1. The van der Waals surface area contributed by atoms with Crippen LogP contribution in [-0.2, 0) is 35.6 Å². The molecule has 1 aliphatic heterocycles. The van der Waals surface area contributed by atoms with Crippen LogP contribution in [0, 0.1) is 0 Å². The van der Waals surface area contributed by atoms with Gasteiger partial charge in [0, 0.05) is 37.2 Å². The molecule has 0 spiro atoms. The number of thiazole rings is 1. The molecule has 5 rings (SSSR count). The second kappa shape index (κ2) is 14.9. The van der Waals surface area contributed by atoms with Gasteiger partial charge in [-0.25, -0.2) is 4.98 Å². The summed E-state index contributed by atoms with van der Waals surface area (Å²) >= 11 is 1.63. The molecule has 216 valence electrons. The van der Waals surface area contributed by atoms with Crippen LogP contribution >= 0.6 is 11.3 Å². The molecular weight excluding hydrogens is 534 g/mol. The van der Waals surface area contributed by atoms with Crippen molar-refractivity contribution in [1.82, 2.24) is 4.98 Å². The van der Waals surface area contributed by atoms with Crippen LogP contribution in [0.15, 0.2) is 78.2 Å². The number of fused-ring (bicyclic) bond motifs is 1. The van der Waals surface area contributed by atoms with Crippen molar-refractivity contribution in [2.24, 2.45) is 0 Å². The summed E-state index contributed by atoms with van der Waals surface area (Å²) in [5.74, 6) is 1.69. The lowest BCUT2D eigenvalue weighted by Crippen LogP contribution is -2.32. The second-order valence-corrected chi connectivity index (χ2v) is 10.9. The van der Waals surface area contributed by atoms with E-state index in [2.05, 4.69) is 63.7 Å². The summed E-state index contributed by atoms with van der Waals surface area (Å²) in [5.41, 5.74) is 6.03. The van der Waals surface area contributed by atoms with E-state index in [0.717, 1.165) is 46.5 Å². The third-order valence-corrected chi connectivity index (χ3v) is 8.11. The first kappa shape index (κ1) is 28.9. The normalized spacial score (nSPS) is 12.7. The van der Waals surface area contributed by atoms with E-state index < -0.39 is 0 Å². The molecule has 0 aliphatic carbocycles.